The first-order valence-corrected chi connectivity index (χ1v) is 9.74. The Hall–Kier alpha value is -1.84. The number of hydrogen-bond acceptors (Lipinski definition) is 6. The van der Waals surface area contributed by atoms with E-state index in [1.165, 1.54) is 0 Å². The van der Waals surface area contributed by atoms with Crippen molar-refractivity contribution >= 4 is 41.2 Å². The number of carbonyl (C=O) groups is 1. The van der Waals surface area contributed by atoms with Gasteiger partial charge in [0, 0.05) is 12.3 Å². The van der Waals surface area contributed by atoms with Crippen LogP contribution in [0.4, 0.5) is 0 Å². The smallest absolute Gasteiger partial charge is 0.240 e. The third-order valence-electron chi connectivity index (χ3n) is 3.19. The average Bonchev–Trinajstić information content (AvgIpc) is 3.30. The monoisotopic (exact) mass is 380 g/mol. The number of amides is 1. The van der Waals surface area contributed by atoms with Crippen LogP contribution in [0.1, 0.15) is 5.76 Å². The molecule has 126 valence electrons. The highest BCUT2D eigenvalue weighted by atomic mass is 32.2. The van der Waals surface area contributed by atoms with Crippen molar-refractivity contribution < 1.29 is 9.21 Å². The molecule has 3 aromatic rings. The first kappa shape index (κ1) is 17.0. The van der Waals surface area contributed by atoms with Gasteiger partial charge >= 0.3 is 0 Å². The topological polar surface area (TPSA) is 75.8 Å². The Bertz CT molecular complexity index is 821. The zero-order valence-corrected chi connectivity index (χ0v) is 15.2. The molecule has 2 N–H and O–H groups in total. The summed E-state index contributed by atoms with van der Waals surface area (Å²) in [6.45, 7) is 0.759. The molecule has 0 aliphatic rings. The van der Waals surface area contributed by atoms with Crippen LogP contribution in [0.25, 0.3) is 10.7 Å². The molecule has 6 nitrogen and oxygen atoms in total. The van der Waals surface area contributed by atoms with Gasteiger partial charge in [0.2, 0.25) is 5.91 Å². The van der Waals surface area contributed by atoms with E-state index in [9.17, 15) is 4.79 Å². The largest absolute Gasteiger partial charge is 0.468 e. The summed E-state index contributed by atoms with van der Waals surface area (Å²) >= 11 is 8.49. The van der Waals surface area contributed by atoms with Crippen molar-refractivity contribution in [2.45, 2.75) is 12.3 Å². The van der Waals surface area contributed by atoms with E-state index >= 15 is 0 Å². The molecule has 3 aromatic heterocycles. The second kappa shape index (κ2) is 8.32. The van der Waals surface area contributed by atoms with Crippen LogP contribution in [0.5, 0.6) is 0 Å². The van der Waals surface area contributed by atoms with E-state index in [-0.39, 0.29) is 12.5 Å². The van der Waals surface area contributed by atoms with Gasteiger partial charge in [0.15, 0.2) is 10.6 Å². The molecule has 0 bridgehead atoms. The third kappa shape index (κ3) is 4.37. The fourth-order valence-corrected chi connectivity index (χ4v) is 3.76. The normalized spacial score (nSPS) is 10.8. The number of H-pyrrole nitrogens is 1. The molecule has 0 radical (unpaired) electrons. The predicted molar refractivity (Wildman–Crippen MR) is 98.6 cm³/mol. The highest BCUT2D eigenvalue weighted by molar-refractivity contribution is 7.98. The number of aromatic nitrogens is 3. The van der Waals surface area contributed by atoms with Crippen molar-refractivity contribution in [3.8, 4) is 10.7 Å². The van der Waals surface area contributed by atoms with Crippen LogP contribution < -0.4 is 5.32 Å². The maximum absolute atomic E-state index is 12.1. The second-order valence-corrected chi connectivity index (χ2v) is 7.34. The number of nitrogens with one attached hydrogen (secondary N) is 2. The number of nitrogens with zero attached hydrogens (tertiary/aromatic N) is 2. The van der Waals surface area contributed by atoms with Crippen LogP contribution in [-0.2, 0) is 17.1 Å². The second-order valence-electron chi connectivity index (χ2n) is 4.90. The van der Waals surface area contributed by atoms with Gasteiger partial charge in [-0.25, -0.2) is 0 Å². The van der Waals surface area contributed by atoms with Crippen LogP contribution in [0.3, 0.4) is 0 Å². The Balaban J connectivity index is 1.47. The Morgan fingerprint density at radius 2 is 2.38 bits per heavy atom. The lowest BCUT2D eigenvalue weighted by Gasteiger charge is -2.07. The van der Waals surface area contributed by atoms with E-state index in [2.05, 4.69) is 15.5 Å². The zero-order chi connectivity index (χ0) is 16.8. The van der Waals surface area contributed by atoms with Gasteiger partial charge in [0.1, 0.15) is 12.3 Å². The molecule has 3 rings (SSSR count). The first-order valence-electron chi connectivity index (χ1n) is 7.30. The molecular formula is C15H16N4O2S3. The number of carbonyl (C=O) groups excluding carboxylic acids is 1. The number of furan rings is 1. The van der Waals surface area contributed by atoms with Crippen LogP contribution in [0.15, 0.2) is 40.3 Å². The highest BCUT2D eigenvalue weighted by Crippen LogP contribution is 2.22. The minimum absolute atomic E-state index is 0.0797. The number of hydrogen-bond donors (Lipinski definition) is 2. The summed E-state index contributed by atoms with van der Waals surface area (Å²) in [5, 5.41) is 11.8. The molecular weight excluding hydrogens is 364 g/mol. The Morgan fingerprint density at radius 1 is 1.46 bits per heavy atom. The van der Waals surface area contributed by atoms with Crippen LogP contribution in [0.2, 0.25) is 0 Å². The lowest BCUT2D eigenvalue weighted by molar-refractivity contribution is -0.121. The van der Waals surface area contributed by atoms with Gasteiger partial charge in [-0.15, -0.1) is 11.3 Å². The molecule has 0 unspecified atom stereocenters. The summed E-state index contributed by atoms with van der Waals surface area (Å²) in [5.41, 5.74) is 0. The molecule has 0 aliphatic heterocycles. The molecule has 24 heavy (non-hydrogen) atoms. The van der Waals surface area contributed by atoms with Crippen molar-refractivity contribution in [2.75, 3.05) is 12.3 Å². The van der Waals surface area contributed by atoms with E-state index in [1.807, 2.05) is 29.6 Å². The Labute approximate surface area is 152 Å². The number of thiophene rings is 1. The van der Waals surface area contributed by atoms with Gasteiger partial charge in [-0.1, -0.05) is 6.07 Å². The van der Waals surface area contributed by atoms with E-state index < -0.39 is 0 Å². The molecule has 0 spiro atoms. The Morgan fingerprint density at radius 3 is 3.12 bits per heavy atom. The van der Waals surface area contributed by atoms with Crippen molar-refractivity contribution in [1.29, 1.82) is 0 Å². The van der Waals surface area contributed by atoms with Crippen LogP contribution in [0, 0.1) is 4.77 Å². The van der Waals surface area contributed by atoms with Crippen LogP contribution >= 0.6 is 35.3 Å². The fourth-order valence-electron chi connectivity index (χ4n) is 2.09. The molecule has 9 heteroatoms. The van der Waals surface area contributed by atoms with Crippen molar-refractivity contribution in [3.05, 3.63) is 46.4 Å². The van der Waals surface area contributed by atoms with Gasteiger partial charge in [-0.2, -0.15) is 16.9 Å². The van der Waals surface area contributed by atoms with Crippen molar-refractivity contribution in [3.63, 3.8) is 0 Å². The predicted octanol–water partition coefficient (Wildman–Crippen LogP) is 3.31. The zero-order valence-electron chi connectivity index (χ0n) is 12.7. The molecule has 0 fully saturated rings. The van der Waals surface area contributed by atoms with Gasteiger partial charge in [0.05, 0.1) is 16.9 Å². The molecule has 1 amide bonds. The summed E-state index contributed by atoms with van der Waals surface area (Å²) in [6, 6.07) is 7.71. The van der Waals surface area contributed by atoms with Crippen molar-refractivity contribution in [1.82, 2.24) is 20.1 Å². The molecule has 0 aliphatic carbocycles. The molecule has 0 saturated heterocycles. The standard InChI is InChI=1S/C15H16N4O2S3/c20-13(16-5-8-23-10-11-3-1-6-21-11)9-19-14(17-18-15(19)22)12-4-2-7-24-12/h1-4,6-7H,5,8-10H2,(H,16,20)(H,18,22). The van der Waals surface area contributed by atoms with Crippen LogP contribution in [-0.4, -0.2) is 33.0 Å². The summed E-state index contributed by atoms with van der Waals surface area (Å²) < 4.78 is 7.42. The minimum Gasteiger partial charge on any atom is -0.468 e. The summed E-state index contributed by atoms with van der Waals surface area (Å²) in [6.07, 6.45) is 1.66. The quantitative estimate of drug-likeness (QED) is 0.463. The summed E-state index contributed by atoms with van der Waals surface area (Å²) in [4.78, 5) is 13.1. The van der Waals surface area contributed by atoms with E-state index in [0.717, 1.165) is 22.1 Å². The average molecular weight is 381 g/mol. The van der Waals surface area contributed by atoms with E-state index in [4.69, 9.17) is 16.6 Å². The Kier molecular flexibility index (Phi) is 5.89. The van der Waals surface area contributed by atoms with Crippen molar-refractivity contribution in [2.24, 2.45) is 0 Å². The maximum Gasteiger partial charge on any atom is 0.240 e. The highest BCUT2D eigenvalue weighted by Gasteiger charge is 2.12. The maximum atomic E-state index is 12.1. The van der Waals surface area contributed by atoms with Gasteiger partial charge in [0.25, 0.3) is 0 Å². The SMILES string of the molecule is O=C(Cn1c(-c2cccs2)n[nH]c1=S)NCCSCc1ccco1. The minimum atomic E-state index is -0.0797. The summed E-state index contributed by atoms with van der Waals surface area (Å²) in [7, 11) is 0. The molecule has 0 atom stereocenters. The lowest BCUT2D eigenvalue weighted by Crippen LogP contribution is -2.29. The van der Waals surface area contributed by atoms with Gasteiger partial charge in [-0.05, 0) is 35.8 Å². The first-order chi connectivity index (χ1) is 11.7. The lowest BCUT2D eigenvalue weighted by atomic mass is 10.4. The molecule has 0 saturated carbocycles. The van der Waals surface area contributed by atoms with Gasteiger partial charge in [-0.3, -0.25) is 14.5 Å². The number of aromatic amines is 1. The third-order valence-corrected chi connectivity index (χ3v) is 5.35. The summed E-state index contributed by atoms with van der Waals surface area (Å²) in [5.74, 6) is 3.18. The molecule has 3 heterocycles. The fraction of sp³-hybridized carbons (Fsp3) is 0.267. The van der Waals surface area contributed by atoms with E-state index in [1.54, 1.807) is 33.9 Å². The van der Waals surface area contributed by atoms with Gasteiger partial charge < -0.3 is 9.73 Å². The number of thioether (sulfide) groups is 1. The number of rotatable bonds is 8. The molecule has 0 aromatic carbocycles. The van der Waals surface area contributed by atoms with E-state index in [0.29, 0.717) is 17.1 Å².